The van der Waals surface area contributed by atoms with E-state index in [1.165, 1.54) is 4.57 Å². The molecule has 5 rings (SSSR count). The summed E-state index contributed by atoms with van der Waals surface area (Å²) in [6, 6.07) is 14.3. The first-order valence-electron chi connectivity index (χ1n) is 10.8. The van der Waals surface area contributed by atoms with Gasteiger partial charge in [0.05, 0.1) is 24.2 Å². The van der Waals surface area contributed by atoms with Crippen molar-refractivity contribution < 1.29 is 18.3 Å². The van der Waals surface area contributed by atoms with Gasteiger partial charge in [0.2, 0.25) is 11.9 Å². The molecule has 34 heavy (non-hydrogen) atoms. The predicted molar refractivity (Wildman–Crippen MR) is 123 cm³/mol. The number of para-hydroxylation sites is 2. The number of hydrogen-bond donors (Lipinski definition) is 0. The quantitative estimate of drug-likeness (QED) is 0.423. The molecule has 0 unspecified atom stereocenters. The third-order valence-electron chi connectivity index (χ3n) is 5.41. The molecular weight excluding hydrogens is 444 g/mol. The number of rotatable bonds is 6. The molecule has 0 amide bonds. The molecule has 0 radical (unpaired) electrons. The first-order valence-corrected chi connectivity index (χ1v) is 10.8. The number of ether oxygens (including phenoxy) is 2. The van der Waals surface area contributed by atoms with E-state index in [-0.39, 0.29) is 12.0 Å². The highest BCUT2D eigenvalue weighted by Crippen LogP contribution is 2.29. The van der Waals surface area contributed by atoms with E-state index in [2.05, 4.69) is 19.9 Å². The Morgan fingerprint density at radius 2 is 1.71 bits per heavy atom. The van der Waals surface area contributed by atoms with Crippen LogP contribution in [0.4, 0.5) is 20.4 Å². The van der Waals surface area contributed by atoms with Crippen LogP contribution in [0.15, 0.2) is 48.5 Å². The Morgan fingerprint density at radius 1 is 0.941 bits per heavy atom. The lowest BCUT2D eigenvalue weighted by atomic mass is 10.3. The van der Waals surface area contributed by atoms with E-state index in [4.69, 9.17) is 9.47 Å². The molecule has 2 aromatic heterocycles. The maximum absolute atomic E-state index is 14.0. The van der Waals surface area contributed by atoms with Gasteiger partial charge in [-0.1, -0.05) is 18.2 Å². The van der Waals surface area contributed by atoms with Gasteiger partial charge in [-0.3, -0.25) is 4.57 Å². The Balaban J connectivity index is 1.64. The summed E-state index contributed by atoms with van der Waals surface area (Å²) < 4.78 is 40.6. The van der Waals surface area contributed by atoms with Crippen LogP contribution >= 0.6 is 0 Å². The van der Waals surface area contributed by atoms with Crippen molar-refractivity contribution in [1.29, 1.82) is 0 Å². The van der Waals surface area contributed by atoms with Gasteiger partial charge < -0.3 is 19.3 Å². The average molecular weight is 467 g/mol. The van der Waals surface area contributed by atoms with Crippen molar-refractivity contribution in [2.75, 3.05) is 50.2 Å². The van der Waals surface area contributed by atoms with Crippen LogP contribution in [0.3, 0.4) is 0 Å². The summed E-state index contributed by atoms with van der Waals surface area (Å²) in [6.07, 6.45) is -2.82. The third-order valence-corrected chi connectivity index (χ3v) is 5.41. The fourth-order valence-electron chi connectivity index (χ4n) is 3.72. The second kappa shape index (κ2) is 9.18. The summed E-state index contributed by atoms with van der Waals surface area (Å²) in [7, 11) is 3.85. The molecule has 0 atom stereocenters. The molecule has 1 aliphatic heterocycles. The highest BCUT2D eigenvalue weighted by molar-refractivity contribution is 5.77. The summed E-state index contributed by atoms with van der Waals surface area (Å²) in [5.74, 6) is 0.408. The second-order valence-electron chi connectivity index (χ2n) is 7.91. The number of benzene rings is 2. The van der Waals surface area contributed by atoms with Crippen LogP contribution in [0.25, 0.3) is 17.0 Å². The van der Waals surface area contributed by atoms with Crippen molar-refractivity contribution in [3.8, 4) is 17.7 Å². The number of aromatic nitrogens is 5. The van der Waals surface area contributed by atoms with Gasteiger partial charge in [-0.25, -0.2) is 13.8 Å². The van der Waals surface area contributed by atoms with E-state index in [0.717, 1.165) is 5.69 Å². The maximum atomic E-state index is 14.0. The number of imidazole rings is 1. The fraction of sp³-hybridized carbons (Fsp3) is 0.304. The zero-order valence-corrected chi connectivity index (χ0v) is 18.7. The predicted octanol–water partition coefficient (Wildman–Crippen LogP) is 3.84. The molecule has 0 saturated carbocycles. The molecule has 2 aromatic carbocycles. The van der Waals surface area contributed by atoms with E-state index in [1.54, 1.807) is 30.3 Å². The largest absolute Gasteiger partial charge is 0.424 e. The van der Waals surface area contributed by atoms with Crippen molar-refractivity contribution >= 4 is 22.7 Å². The molecule has 0 bridgehead atoms. The normalized spacial score (nSPS) is 14.1. The molecule has 0 spiro atoms. The highest BCUT2D eigenvalue weighted by atomic mass is 19.3. The van der Waals surface area contributed by atoms with Crippen LogP contribution in [0.5, 0.6) is 11.8 Å². The van der Waals surface area contributed by atoms with Crippen molar-refractivity contribution in [3.63, 3.8) is 0 Å². The van der Waals surface area contributed by atoms with Crippen molar-refractivity contribution in [1.82, 2.24) is 24.5 Å². The van der Waals surface area contributed by atoms with E-state index in [1.807, 2.05) is 42.1 Å². The molecule has 1 aliphatic rings. The number of halogens is 2. The molecule has 0 aliphatic carbocycles. The smallest absolute Gasteiger partial charge is 0.328 e. The van der Waals surface area contributed by atoms with Gasteiger partial charge >= 0.3 is 6.01 Å². The van der Waals surface area contributed by atoms with Crippen molar-refractivity contribution in [2.45, 2.75) is 6.43 Å². The van der Waals surface area contributed by atoms with Gasteiger partial charge in [0.25, 0.3) is 6.43 Å². The minimum absolute atomic E-state index is 0.000366. The summed E-state index contributed by atoms with van der Waals surface area (Å²) in [5, 5.41) is 0. The van der Waals surface area contributed by atoms with Gasteiger partial charge in [-0.15, -0.1) is 0 Å². The molecule has 0 N–H and O–H groups in total. The lowest BCUT2D eigenvalue weighted by Gasteiger charge is -2.27. The Bertz CT molecular complexity index is 1310. The number of anilines is 2. The molecule has 4 aromatic rings. The van der Waals surface area contributed by atoms with Crippen LogP contribution in [0.2, 0.25) is 0 Å². The van der Waals surface area contributed by atoms with Gasteiger partial charge in [0, 0.05) is 38.9 Å². The van der Waals surface area contributed by atoms with Gasteiger partial charge in [-0.2, -0.15) is 15.0 Å². The van der Waals surface area contributed by atoms with Crippen molar-refractivity contribution in [3.05, 3.63) is 54.4 Å². The number of morpholine rings is 1. The molecule has 176 valence electrons. The van der Waals surface area contributed by atoms with E-state index in [0.29, 0.717) is 49.0 Å². The Morgan fingerprint density at radius 3 is 2.47 bits per heavy atom. The van der Waals surface area contributed by atoms with Crippen LogP contribution < -0.4 is 14.5 Å². The van der Waals surface area contributed by atoms with Crippen LogP contribution in [0.1, 0.15) is 12.2 Å². The highest BCUT2D eigenvalue weighted by Gasteiger charge is 2.24. The number of alkyl halides is 2. The number of fused-ring (bicyclic) bond motifs is 1. The monoisotopic (exact) mass is 467 g/mol. The van der Waals surface area contributed by atoms with E-state index in [9.17, 15) is 8.78 Å². The first-order chi connectivity index (χ1) is 16.5. The average Bonchev–Trinajstić information content (AvgIpc) is 3.25. The maximum Gasteiger partial charge on any atom is 0.328 e. The second-order valence-corrected chi connectivity index (χ2v) is 7.91. The molecule has 1 fully saturated rings. The minimum Gasteiger partial charge on any atom is -0.424 e. The van der Waals surface area contributed by atoms with Crippen LogP contribution in [-0.4, -0.2) is 64.9 Å². The summed E-state index contributed by atoms with van der Waals surface area (Å²) >= 11 is 0. The Labute approximate surface area is 194 Å². The van der Waals surface area contributed by atoms with Gasteiger partial charge in [0.1, 0.15) is 5.75 Å². The van der Waals surface area contributed by atoms with Crippen LogP contribution in [-0.2, 0) is 4.74 Å². The lowest BCUT2D eigenvalue weighted by molar-refractivity contribution is 0.122. The van der Waals surface area contributed by atoms with E-state index >= 15 is 0 Å². The van der Waals surface area contributed by atoms with Crippen LogP contribution in [0, 0.1) is 0 Å². The summed E-state index contributed by atoms with van der Waals surface area (Å²) in [5.41, 5.74) is 1.82. The van der Waals surface area contributed by atoms with Crippen molar-refractivity contribution in [2.24, 2.45) is 0 Å². The molecular formula is C23H23F2N7O2. The standard InChI is InChI=1S/C23H23F2N7O2/c1-30(2)15-6-5-7-16(14-15)34-23-28-21(31-10-12-33-13-11-31)27-22(29-23)32-18-9-4-3-8-17(18)26-20(32)19(24)25/h3-9,14,19H,10-13H2,1-2H3. The Kier molecular flexibility index (Phi) is 5.93. The summed E-state index contributed by atoms with van der Waals surface area (Å²) in [4.78, 5) is 21.4. The molecule has 9 nitrogen and oxygen atoms in total. The minimum atomic E-state index is -2.82. The lowest BCUT2D eigenvalue weighted by Crippen LogP contribution is -2.37. The topological polar surface area (TPSA) is 81.4 Å². The SMILES string of the molecule is CN(C)c1cccc(Oc2nc(N3CCOCC3)nc(-n3c(C(F)F)nc4ccccc43)n2)c1. The summed E-state index contributed by atoms with van der Waals surface area (Å²) in [6.45, 7) is 2.15. The molecule has 3 heterocycles. The number of nitrogens with zero attached hydrogens (tertiary/aromatic N) is 7. The van der Waals surface area contributed by atoms with Gasteiger partial charge in [-0.05, 0) is 24.3 Å². The van der Waals surface area contributed by atoms with Gasteiger partial charge in [0.15, 0.2) is 5.82 Å². The zero-order valence-electron chi connectivity index (χ0n) is 18.7. The zero-order chi connectivity index (χ0) is 23.7. The molecule has 11 heteroatoms. The fourth-order valence-corrected chi connectivity index (χ4v) is 3.72. The first kappa shape index (κ1) is 22.0. The third kappa shape index (κ3) is 4.34. The molecule has 1 saturated heterocycles. The number of hydrogen-bond acceptors (Lipinski definition) is 8. The van der Waals surface area contributed by atoms with E-state index < -0.39 is 12.2 Å². The Hall–Kier alpha value is -3.86.